The zero-order chi connectivity index (χ0) is 30.0. The molecule has 0 bridgehead atoms. The van der Waals surface area contributed by atoms with E-state index in [-0.39, 0.29) is 12.5 Å². The number of hydrogen-bond acceptors (Lipinski definition) is 9. The summed E-state index contributed by atoms with van der Waals surface area (Å²) in [6, 6.07) is 3.36. The predicted octanol–water partition coefficient (Wildman–Crippen LogP) is 3.00. The van der Waals surface area contributed by atoms with Crippen molar-refractivity contribution < 1.29 is 33.3 Å². The number of carbonyl (C=O) groups is 2. The molecule has 0 saturated heterocycles. The normalized spacial score (nSPS) is 12.1. The Bertz CT molecular complexity index is 851. The lowest BCUT2D eigenvalue weighted by Crippen LogP contribution is -2.45. The molecule has 0 aliphatic heterocycles. The summed E-state index contributed by atoms with van der Waals surface area (Å²) in [7, 11) is 3.23. The molecule has 0 aliphatic carbocycles. The number of alkyl carbamates (subject to hydrolysis) is 1. The molecule has 0 aliphatic rings. The molecule has 11 nitrogen and oxygen atoms in total. The summed E-state index contributed by atoms with van der Waals surface area (Å²) in [5.41, 5.74) is 13.2. The van der Waals surface area contributed by atoms with E-state index in [1.54, 1.807) is 39.9 Å². The summed E-state index contributed by atoms with van der Waals surface area (Å²) >= 11 is 0. The van der Waals surface area contributed by atoms with Gasteiger partial charge in [0.2, 0.25) is 5.91 Å². The SMILES string of the molecule is CCCc1cc(OC)c(CN(CCOCCOCCNC(=O)OC(C)(C)C)C(=O)C(N)CCCCN)c(OC)c1. The maximum absolute atomic E-state index is 13.4. The number of amides is 2. The van der Waals surface area contributed by atoms with Crippen molar-refractivity contribution in [1.82, 2.24) is 10.2 Å². The molecule has 1 aromatic rings. The van der Waals surface area contributed by atoms with Crippen LogP contribution in [0, 0.1) is 0 Å². The van der Waals surface area contributed by atoms with Gasteiger partial charge < -0.3 is 45.4 Å². The van der Waals surface area contributed by atoms with Crippen LogP contribution in [0.2, 0.25) is 0 Å². The molecule has 0 saturated carbocycles. The second-order valence-corrected chi connectivity index (χ2v) is 10.5. The van der Waals surface area contributed by atoms with E-state index in [0.717, 1.165) is 36.8 Å². The Labute approximate surface area is 240 Å². The number of carbonyl (C=O) groups excluding carboxylic acids is 2. The van der Waals surface area contributed by atoms with Gasteiger partial charge in [0.25, 0.3) is 0 Å². The third kappa shape index (κ3) is 14.2. The summed E-state index contributed by atoms with van der Waals surface area (Å²) in [5.74, 6) is 1.19. The van der Waals surface area contributed by atoms with Crippen molar-refractivity contribution in [3.8, 4) is 11.5 Å². The largest absolute Gasteiger partial charge is 0.496 e. The smallest absolute Gasteiger partial charge is 0.407 e. The van der Waals surface area contributed by atoms with Gasteiger partial charge in [-0.1, -0.05) is 19.8 Å². The van der Waals surface area contributed by atoms with E-state index >= 15 is 0 Å². The minimum Gasteiger partial charge on any atom is -0.496 e. The summed E-state index contributed by atoms with van der Waals surface area (Å²) in [6.07, 6.45) is 3.57. The fourth-order valence-electron chi connectivity index (χ4n) is 3.99. The number of benzene rings is 1. The van der Waals surface area contributed by atoms with Gasteiger partial charge >= 0.3 is 6.09 Å². The Hall–Kier alpha value is -2.60. The number of aryl methyl sites for hydroxylation is 1. The highest BCUT2D eigenvalue weighted by atomic mass is 16.6. The maximum Gasteiger partial charge on any atom is 0.407 e. The number of rotatable bonds is 20. The van der Waals surface area contributed by atoms with Gasteiger partial charge in [-0.25, -0.2) is 4.79 Å². The number of unbranched alkanes of at least 4 members (excludes halogenated alkanes) is 1. The van der Waals surface area contributed by atoms with Crippen LogP contribution in [0.5, 0.6) is 11.5 Å². The van der Waals surface area contributed by atoms with Gasteiger partial charge in [-0.3, -0.25) is 4.79 Å². The number of nitrogens with zero attached hydrogens (tertiary/aromatic N) is 1. The molecular weight excluding hydrogens is 516 g/mol. The quantitative estimate of drug-likeness (QED) is 0.202. The van der Waals surface area contributed by atoms with Crippen LogP contribution in [0.4, 0.5) is 4.79 Å². The Morgan fingerprint density at radius 2 is 1.62 bits per heavy atom. The Kier molecular flexibility index (Phi) is 17.2. The first-order valence-corrected chi connectivity index (χ1v) is 14.2. The lowest BCUT2D eigenvalue weighted by molar-refractivity contribution is -0.134. The standard InChI is InChI=1S/C29H52N4O7/c1-7-10-22-19-25(36-5)23(26(20-22)37-6)21-33(27(34)24(31)11-8-9-12-30)14-16-39-18-17-38-15-13-32-28(35)40-29(2,3)4/h19-20,24H,7-18,21,30-31H2,1-6H3,(H,32,35). The molecule has 5 N–H and O–H groups in total. The van der Waals surface area contributed by atoms with Gasteiger partial charge in [0.05, 0.1) is 58.8 Å². The molecule has 1 aromatic carbocycles. The van der Waals surface area contributed by atoms with E-state index in [2.05, 4.69) is 12.2 Å². The highest BCUT2D eigenvalue weighted by Gasteiger charge is 2.24. The first-order chi connectivity index (χ1) is 19.1. The first-order valence-electron chi connectivity index (χ1n) is 14.2. The van der Waals surface area contributed by atoms with Gasteiger partial charge in [-0.15, -0.1) is 0 Å². The Morgan fingerprint density at radius 3 is 2.17 bits per heavy atom. The van der Waals surface area contributed by atoms with Gasteiger partial charge in [-0.05, 0) is 64.3 Å². The summed E-state index contributed by atoms with van der Waals surface area (Å²) < 4.78 is 27.8. The monoisotopic (exact) mass is 568 g/mol. The Morgan fingerprint density at radius 1 is 1.00 bits per heavy atom. The number of methoxy groups -OCH3 is 2. The fraction of sp³-hybridized carbons (Fsp3) is 0.724. The minimum absolute atomic E-state index is 0.160. The molecule has 1 atom stereocenters. The van der Waals surface area contributed by atoms with E-state index in [9.17, 15) is 9.59 Å². The summed E-state index contributed by atoms with van der Waals surface area (Å²) in [4.78, 5) is 26.7. The van der Waals surface area contributed by atoms with E-state index in [4.69, 9.17) is 35.2 Å². The van der Waals surface area contributed by atoms with Gasteiger partial charge in [0.1, 0.15) is 17.1 Å². The molecule has 0 fully saturated rings. The predicted molar refractivity (Wildman–Crippen MR) is 156 cm³/mol. The summed E-state index contributed by atoms with van der Waals surface area (Å²) in [5, 5.41) is 2.64. The average Bonchev–Trinajstić information content (AvgIpc) is 2.90. The van der Waals surface area contributed by atoms with Crippen LogP contribution in [0.1, 0.15) is 64.5 Å². The number of nitrogens with one attached hydrogen (secondary N) is 1. The Balaban J connectivity index is 2.71. The van der Waals surface area contributed by atoms with Crippen LogP contribution < -0.4 is 26.3 Å². The molecule has 11 heteroatoms. The molecule has 1 rings (SSSR count). The van der Waals surface area contributed by atoms with E-state index < -0.39 is 17.7 Å². The lowest BCUT2D eigenvalue weighted by Gasteiger charge is -2.27. The second kappa shape index (κ2) is 19.5. The van der Waals surface area contributed by atoms with Crippen molar-refractivity contribution >= 4 is 12.0 Å². The molecule has 2 amide bonds. The van der Waals surface area contributed by atoms with E-state index in [1.807, 2.05) is 12.1 Å². The van der Waals surface area contributed by atoms with Gasteiger partial charge in [0.15, 0.2) is 0 Å². The van der Waals surface area contributed by atoms with Crippen LogP contribution in [-0.4, -0.2) is 88.8 Å². The maximum atomic E-state index is 13.4. The first kappa shape index (κ1) is 35.4. The van der Waals surface area contributed by atoms with Crippen molar-refractivity contribution in [2.75, 3.05) is 60.3 Å². The highest BCUT2D eigenvalue weighted by Crippen LogP contribution is 2.32. The summed E-state index contributed by atoms with van der Waals surface area (Å²) in [6.45, 7) is 10.4. The van der Waals surface area contributed by atoms with Crippen LogP contribution in [0.15, 0.2) is 12.1 Å². The molecule has 0 heterocycles. The third-order valence-electron chi connectivity index (χ3n) is 5.95. The molecule has 40 heavy (non-hydrogen) atoms. The molecule has 0 aromatic heterocycles. The van der Waals surface area contributed by atoms with Crippen molar-refractivity contribution in [3.63, 3.8) is 0 Å². The van der Waals surface area contributed by atoms with Crippen LogP contribution >= 0.6 is 0 Å². The fourth-order valence-corrected chi connectivity index (χ4v) is 3.99. The number of nitrogens with two attached hydrogens (primary N) is 2. The van der Waals surface area contributed by atoms with Crippen molar-refractivity contribution in [2.24, 2.45) is 11.5 Å². The second-order valence-electron chi connectivity index (χ2n) is 10.5. The van der Waals surface area contributed by atoms with Gasteiger partial charge in [0, 0.05) is 13.1 Å². The zero-order valence-corrected chi connectivity index (χ0v) is 25.4. The van der Waals surface area contributed by atoms with Crippen molar-refractivity contribution in [2.45, 2.75) is 78.0 Å². The molecule has 1 unspecified atom stereocenters. The van der Waals surface area contributed by atoms with E-state index in [0.29, 0.717) is 64.0 Å². The molecule has 230 valence electrons. The highest BCUT2D eigenvalue weighted by molar-refractivity contribution is 5.81. The van der Waals surface area contributed by atoms with Crippen LogP contribution in [-0.2, 0) is 32.0 Å². The average molecular weight is 569 g/mol. The number of ether oxygens (including phenoxy) is 5. The molecule has 0 radical (unpaired) electrons. The van der Waals surface area contributed by atoms with Crippen LogP contribution in [0.25, 0.3) is 0 Å². The molecular formula is C29H52N4O7. The van der Waals surface area contributed by atoms with E-state index in [1.165, 1.54) is 0 Å². The number of hydrogen-bond donors (Lipinski definition) is 3. The van der Waals surface area contributed by atoms with Crippen molar-refractivity contribution in [3.05, 3.63) is 23.3 Å². The minimum atomic E-state index is -0.635. The van der Waals surface area contributed by atoms with Gasteiger partial charge in [-0.2, -0.15) is 0 Å². The van der Waals surface area contributed by atoms with Crippen molar-refractivity contribution in [1.29, 1.82) is 0 Å². The topological polar surface area (TPSA) is 148 Å². The zero-order valence-electron chi connectivity index (χ0n) is 25.4. The lowest BCUT2D eigenvalue weighted by atomic mass is 10.0. The molecule has 0 spiro atoms. The van der Waals surface area contributed by atoms with Crippen LogP contribution in [0.3, 0.4) is 0 Å². The third-order valence-corrected chi connectivity index (χ3v) is 5.95.